The molecule has 0 atom stereocenters. The van der Waals surface area contributed by atoms with E-state index in [0.717, 1.165) is 34.9 Å². The van der Waals surface area contributed by atoms with Crippen LogP contribution in [-0.4, -0.2) is 45.6 Å². The summed E-state index contributed by atoms with van der Waals surface area (Å²) in [7, 11) is 1.88. The first-order valence-corrected chi connectivity index (χ1v) is 13.5. The number of anilines is 1. The fraction of sp³-hybridized carbons (Fsp3) is 0.417. The smallest absolute Gasteiger partial charge is 0.341 e. The van der Waals surface area contributed by atoms with Crippen LogP contribution >= 0.6 is 34.7 Å². The first-order valence-electron chi connectivity index (χ1n) is 11.3. The van der Waals surface area contributed by atoms with Crippen molar-refractivity contribution in [1.29, 1.82) is 0 Å². The summed E-state index contributed by atoms with van der Waals surface area (Å²) in [4.78, 5) is 25.8. The molecule has 0 bridgehead atoms. The second-order valence-electron chi connectivity index (χ2n) is 7.69. The Balaban J connectivity index is 1.49. The normalized spacial score (nSPS) is 10.9. The molecule has 3 rings (SSSR count). The summed E-state index contributed by atoms with van der Waals surface area (Å²) in [5.41, 5.74) is 1.39. The summed E-state index contributed by atoms with van der Waals surface area (Å²) in [6, 6.07) is 7.33. The van der Waals surface area contributed by atoms with Crippen molar-refractivity contribution in [3.05, 3.63) is 51.1 Å². The van der Waals surface area contributed by atoms with Crippen LogP contribution in [0.1, 0.15) is 46.9 Å². The van der Waals surface area contributed by atoms with Crippen molar-refractivity contribution >= 4 is 51.6 Å². The zero-order valence-corrected chi connectivity index (χ0v) is 22.6. The number of hydrogen-bond donors (Lipinski definition) is 1. The molecule has 0 aliphatic heterocycles. The van der Waals surface area contributed by atoms with Gasteiger partial charge in [-0.1, -0.05) is 30.3 Å². The average Bonchev–Trinajstić information content (AvgIpc) is 3.39. The molecule has 188 valence electrons. The van der Waals surface area contributed by atoms with Crippen LogP contribution in [0.15, 0.2) is 29.4 Å². The van der Waals surface area contributed by atoms with E-state index in [4.69, 9.17) is 21.1 Å². The van der Waals surface area contributed by atoms with Crippen molar-refractivity contribution in [3.8, 4) is 5.75 Å². The molecule has 3 aromatic rings. The van der Waals surface area contributed by atoms with Gasteiger partial charge in [-0.15, -0.1) is 21.5 Å². The minimum absolute atomic E-state index is 0.145. The summed E-state index contributed by atoms with van der Waals surface area (Å²) in [6.45, 7) is 6.54. The molecule has 2 aromatic heterocycles. The van der Waals surface area contributed by atoms with Crippen LogP contribution in [0.2, 0.25) is 5.02 Å². The summed E-state index contributed by atoms with van der Waals surface area (Å²) >= 11 is 8.67. The van der Waals surface area contributed by atoms with Crippen LogP contribution < -0.4 is 10.1 Å². The summed E-state index contributed by atoms with van der Waals surface area (Å²) in [5, 5.41) is 13.2. The van der Waals surface area contributed by atoms with Crippen molar-refractivity contribution in [2.45, 2.75) is 45.2 Å². The molecule has 1 N–H and O–H groups in total. The third kappa shape index (κ3) is 7.46. The zero-order chi connectivity index (χ0) is 25.4. The predicted octanol–water partition coefficient (Wildman–Crippen LogP) is 5.32. The molecule has 0 fully saturated rings. The lowest BCUT2D eigenvalue weighted by Gasteiger charge is -2.09. The molecule has 0 unspecified atom stereocenters. The van der Waals surface area contributed by atoms with E-state index < -0.39 is 5.97 Å². The standard InChI is InChI=1S/C24H29ClN4O4S2/c1-5-17-13-18(23(31)32-6-2)22(35-17)26-21(30)14-34-24-28-27-20(29(24)4)8-7-11-33-19-10-9-16(25)12-15(19)3/h9-10,12-13H,5-8,11,14H2,1-4H3,(H,26,30). The number of carbonyl (C=O) groups excluding carboxylic acids is 2. The molecule has 1 aromatic carbocycles. The highest BCUT2D eigenvalue weighted by molar-refractivity contribution is 7.99. The van der Waals surface area contributed by atoms with Crippen LogP contribution in [0, 0.1) is 6.92 Å². The van der Waals surface area contributed by atoms with E-state index in [0.29, 0.717) is 33.8 Å². The summed E-state index contributed by atoms with van der Waals surface area (Å²) in [6.07, 6.45) is 2.24. The molecule has 1 amide bonds. The predicted molar refractivity (Wildman–Crippen MR) is 140 cm³/mol. The van der Waals surface area contributed by atoms with E-state index in [2.05, 4.69) is 15.5 Å². The van der Waals surface area contributed by atoms with E-state index in [9.17, 15) is 9.59 Å². The van der Waals surface area contributed by atoms with E-state index in [1.165, 1.54) is 23.1 Å². The van der Waals surface area contributed by atoms with Crippen molar-refractivity contribution in [3.63, 3.8) is 0 Å². The fourth-order valence-corrected chi connectivity index (χ4v) is 5.20. The number of thiophene rings is 1. The Kier molecular flexibility index (Phi) is 10.00. The monoisotopic (exact) mass is 536 g/mol. The van der Waals surface area contributed by atoms with Crippen LogP contribution in [0.25, 0.3) is 0 Å². The SMILES string of the molecule is CCOC(=O)c1cc(CC)sc1NC(=O)CSc1nnc(CCCOc2ccc(Cl)cc2C)n1C. The maximum atomic E-state index is 12.6. The molecule has 8 nitrogen and oxygen atoms in total. The van der Waals surface area contributed by atoms with Gasteiger partial charge in [-0.05, 0) is 56.5 Å². The summed E-state index contributed by atoms with van der Waals surface area (Å²) < 4.78 is 12.8. The van der Waals surface area contributed by atoms with Crippen molar-refractivity contribution in [2.24, 2.45) is 7.05 Å². The number of nitrogens with zero attached hydrogens (tertiary/aromatic N) is 3. The number of aromatic nitrogens is 3. The van der Waals surface area contributed by atoms with Gasteiger partial charge >= 0.3 is 5.97 Å². The molecule has 0 spiro atoms. The molecule has 0 radical (unpaired) electrons. The third-order valence-corrected chi connectivity index (χ3v) is 7.53. The second-order valence-corrected chi connectivity index (χ2v) is 10.2. The van der Waals surface area contributed by atoms with Gasteiger partial charge in [-0.25, -0.2) is 4.79 Å². The number of thioether (sulfide) groups is 1. The zero-order valence-electron chi connectivity index (χ0n) is 20.2. The number of rotatable bonds is 12. The number of amides is 1. The molecular weight excluding hydrogens is 508 g/mol. The van der Waals surface area contributed by atoms with Gasteiger partial charge < -0.3 is 19.4 Å². The minimum Gasteiger partial charge on any atom is -0.493 e. The van der Waals surface area contributed by atoms with Crippen LogP contribution in [-0.2, 0) is 29.4 Å². The number of esters is 1. The number of hydrogen-bond acceptors (Lipinski definition) is 8. The Morgan fingerprint density at radius 2 is 2.03 bits per heavy atom. The van der Waals surface area contributed by atoms with Gasteiger partial charge in [-0.3, -0.25) is 4.79 Å². The number of carbonyl (C=O) groups is 2. The first kappa shape index (κ1) is 27.0. The highest BCUT2D eigenvalue weighted by Crippen LogP contribution is 2.30. The van der Waals surface area contributed by atoms with Crippen molar-refractivity contribution in [2.75, 3.05) is 24.3 Å². The first-order chi connectivity index (χ1) is 16.8. The van der Waals surface area contributed by atoms with Gasteiger partial charge in [0.25, 0.3) is 0 Å². The van der Waals surface area contributed by atoms with E-state index in [1.807, 2.05) is 43.7 Å². The maximum Gasteiger partial charge on any atom is 0.341 e. The fourth-order valence-electron chi connectivity index (χ4n) is 3.24. The Morgan fingerprint density at radius 1 is 1.23 bits per heavy atom. The van der Waals surface area contributed by atoms with Gasteiger partial charge in [0, 0.05) is 23.4 Å². The molecule has 0 aliphatic carbocycles. The van der Waals surface area contributed by atoms with Gasteiger partial charge in [0.2, 0.25) is 5.91 Å². The van der Waals surface area contributed by atoms with E-state index >= 15 is 0 Å². The lowest BCUT2D eigenvalue weighted by Crippen LogP contribution is -2.16. The Hall–Kier alpha value is -2.56. The quantitative estimate of drug-likeness (QED) is 0.190. The molecular formula is C24H29ClN4O4S2. The number of aryl methyl sites for hydroxylation is 3. The van der Waals surface area contributed by atoms with Gasteiger partial charge in [-0.2, -0.15) is 0 Å². The Morgan fingerprint density at radius 3 is 2.74 bits per heavy atom. The Labute approximate surface area is 218 Å². The highest BCUT2D eigenvalue weighted by atomic mass is 35.5. The van der Waals surface area contributed by atoms with Gasteiger partial charge in [0.05, 0.1) is 24.5 Å². The van der Waals surface area contributed by atoms with Gasteiger partial charge in [0.15, 0.2) is 5.16 Å². The van der Waals surface area contributed by atoms with Crippen molar-refractivity contribution < 1.29 is 19.1 Å². The number of halogens is 1. The van der Waals surface area contributed by atoms with Crippen LogP contribution in [0.4, 0.5) is 5.00 Å². The highest BCUT2D eigenvalue weighted by Gasteiger charge is 2.19. The maximum absolute atomic E-state index is 12.6. The van der Waals surface area contributed by atoms with Crippen LogP contribution in [0.3, 0.4) is 0 Å². The molecule has 2 heterocycles. The molecule has 11 heteroatoms. The lowest BCUT2D eigenvalue weighted by atomic mass is 10.2. The number of ether oxygens (including phenoxy) is 2. The topological polar surface area (TPSA) is 95.3 Å². The number of nitrogens with one attached hydrogen (secondary N) is 1. The molecule has 0 saturated heterocycles. The largest absolute Gasteiger partial charge is 0.493 e. The summed E-state index contributed by atoms with van der Waals surface area (Å²) in [5.74, 6) is 1.13. The van der Waals surface area contributed by atoms with Crippen molar-refractivity contribution in [1.82, 2.24) is 14.8 Å². The van der Waals surface area contributed by atoms with E-state index in [1.54, 1.807) is 13.0 Å². The Bertz CT molecular complexity index is 1180. The lowest BCUT2D eigenvalue weighted by molar-refractivity contribution is -0.113. The molecule has 0 aliphatic rings. The third-order valence-electron chi connectivity index (χ3n) is 5.08. The second kappa shape index (κ2) is 12.9. The van der Waals surface area contributed by atoms with Crippen LogP contribution in [0.5, 0.6) is 5.75 Å². The average molecular weight is 537 g/mol. The molecule has 35 heavy (non-hydrogen) atoms. The minimum atomic E-state index is -0.431. The van der Waals surface area contributed by atoms with E-state index in [-0.39, 0.29) is 18.3 Å². The molecule has 0 saturated carbocycles. The number of benzene rings is 1. The van der Waals surface area contributed by atoms with Gasteiger partial charge in [0.1, 0.15) is 16.6 Å².